The first-order valence-electron chi connectivity index (χ1n) is 12.7. The van der Waals surface area contributed by atoms with E-state index in [1.54, 1.807) is 20.2 Å². The second kappa shape index (κ2) is 9.61. The number of ketones is 4. The highest BCUT2D eigenvalue weighted by atomic mass is 16.3. The third kappa shape index (κ3) is 4.05. The summed E-state index contributed by atoms with van der Waals surface area (Å²) in [5, 5.41) is 22.2. The van der Waals surface area contributed by atoms with Crippen LogP contribution in [0.1, 0.15) is 61.0 Å². The lowest BCUT2D eigenvalue weighted by atomic mass is 9.52. The number of carbonyl (C=O) groups excluding carboxylic acids is 5. The number of hydrogen-bond donors (Lipinski definition) is 3. The number of benzene rings is 1. The van der Waals surface area contributed by atoms with Gasteiger partial charge in [-0.05, 0) is 69.8 Å². The number of primary amides is 1. The number of fused-ring (bicyclic) bond motifs is 3. The molecule has 3 aliphatic carbocycles. The molecule has 0 aromatic heterocycles. The Kier molecular flexibility index (Phi) is 6.98. The minimum Gasteiger partial charge on any atom is -0.507 e. The Morgan fingerprint density at radius 3 is 2.46 bits per heavy atom. The van der Waals surface area contributed by atoms with Gasteiger partial charge in [-0.25, -0.2) is 0 Å². The standard InChI is InChI=1S/C28H34N2O7/c1-5-6-7-13(2)10-14-8-9-18(31)20-16(14)11-15-12-17-22(30(3)4)24(33)21(27(29)36)26(35)28(17,37)25(34)19(15)23(20)32/h8-10,15,17,19,21-22,31,37H,5-7,11-12H2,1-4H3,(H2,29,36)/b13-10+. The van der Waals surface area contributed by atoms with E-state index in [0.717, 1.165) is 30.4 Å². The van der Waals surface area contributed by atoms with Gasteiger partial charge >= 0.3 is 0 Å². The molecule has 37 heavy (non-hydrogen) atoms. The molecule has 6 atom stereocenters. The number of nitrogens with zero attached hydrogens (tertiary/aromatic N) is 1. The summed E-state index contributed by atoms with van der Waals surface area (Å²) in [5.74, 6) is -10.3. The van der Waals surface area contributed by atoms with Gasteiger partial charge in [-0.1, -0.05) is 31.1 Å². The van der Waals surface area contributed by atoms with Crippen molar-refractivity contribution < 1.29 is 34.2 Å². The SMILES string of the molecule is CCCC/C(C)=C/c1ccc(O)c2c1CC1CC3C(N(C)C)C(=O)C(C(N)=O)C(=O)C3(O)C(=O)C1C2=O. The highest BCUT2D eigenvalue weighted by Gasteiger charge is 2.69. The Balaban J connectivity index is 1.83. The Morgan fingerprint density at radius 1 is 1.19 bits per heavy atom. The summed E-state index contributed by atoms with van der Waals surface area (Å²) in [7, 11) is 3.13. The van der Waals surface area contributed by atoms with E-state index in [1.165, 1.54) is 11.0 Å². The molecule has 6 unspecified atom stereocenters. The first kappa shape index (κ1) is 26.9. The van der Waals surface area contributed by atoms with Gasteiger partial charge in [-0.15, -0.1) is 0 Å². The first-order valence-corrected chi connectivity index (χ1v) is 12.7. The Morgan fingerprint density at radius 2 is 1.86 bits per heavy atom. The van der Waals surface area contributed by atoms with Gasteiger partial charge in [-0.2, -0.15) is 0 Å². The van der Waals surface area contributed by atoms with Crippen molar-refractivity contribution in [3.63, 3.8) is 0 Å². The monoisotopic (exact) mass is 510 g/mol. The Labute approximate surface area is 215 Å². The van der Waals surface area contributed by atoms with E-state index in [9.17, 15) is 34.2 Å². The van der Waals surface area contributed by atoms with Gasteiger partial charge in [0.1, 0.15) is 5.75 Å². The lowest BCUT2D eigenvalue weighted by molar-refractivity contribution is -0.181. The zero-order valence-electron chi connectivity index (χ0n) is 21.6. The van der Waals surface area contributed by atoms with E-state index in [-0.39, 0.29) is 24.2 Å². The molecule has 0 bridgehead atoms. The Hall–Kier alpha value is -3.17. The maximum Gasteiger partial charge on any atom is 0.235 e. The van der Waals surface area contributed by atoms with Gasteiger partial charge in [0.05, 0.1) is 17.5 Å². The van der Waals surface area contributed by atoms with Crippen molar-refractivity contribution in [3.05, 3.63) is 34.4 Å². The zero-order chi connectivity index (χ0) is 27.4. The van der Waals surface area contributed by atoms with Crippen LogP contribution in [0.5, 0.6) is 5.75 Å². The van der Waals surface area contributed by atoms with E-state index in [0.29, 0.717) is 5.56 Å². The van der Waals surface area contributed by atoms with Crippen LogP contribution in [0.3, 0.4) is 0 Å². The molecule has 2 fully saturated rings. The average molecular weight is 511 g/mol. The topological polar surface area (TPSA) is 155 Å². The van der Waals surface area contributed by atoms with E-state index in [1.807, 2.05) is 13.0 Å². The summed E-state index contributed by atoms with van der Waals surface area (Å²) in [6.07, 6.45) is 5.21. The van der Waals surface area contributed by atoms with Crippen molar-refractivity contribution in [2.45, 2.75) is 57.6 Å². The van der Waals surface area contributed by atoms with Crippen LogP contribution in [-0.4, -0.2) is 69.9 Å². The van der Waals surface area contributed by atoms with Gasteiger partial charge in [-0.3, -0.25) is 28.9 Å². The van der Waals surface area contributed by atoms with Gasteiger partial charge in [0.2, 0.25) is 5.91 Å². The van der Waals surface area contributed by atoms with Gasteiger partial charge in [0.25, 0.3) is 0 Å². The van der Waals surface area contributed by atoms with Crippen LogP contribution in [0.25, 0.3) is 6.08 Å². The summed E-state index contributed by atoms with van der Waals surface area (Å²) >= 11 is 0. The molecule has 1 aromatic carbocycles. The lowest BCUT2D eigenvalue weighted by Crippen LogP contribution is -2.74. The predicted molar refractivity (Wildman–Crippen MR) is 135 cm³/mol. The number of phenolic OH excluding ortho intramolecular Hbond substituents is 1. The maximum atomic E-state index is 13.8. The molecule has 0 spiro atoms. The highest BCUT2D eigenvalue weighted by molar-refractivity contribution is 6.32. The summed E-state index contributed by atoms with van der Waals surface area (Å²) in [6, 6.07) is 2.05. The first-order chi connectivity index (χ1) is 17.4. The second-order valence-corrected chi connectivity index (χ2v) is 10.9. The highest BCUT2D eigenvalue weighted by Crippen LogP contribution is 2.51. The van der Waals surface area contributed by atoms with Crippen molar-refractivity contribution in [2.75, 3.05) is 14.1 Å². The van der Waals surface area contributed by atoms with E-state index >= 15 is 0 Å². The number of unbranched alkanes of at least 4 members (excludes halogenated alkanes) is 1. The van der Waals surface area contributed by atoms with Crippen molar-refractivity contribution >= 4 is 35.1 Å². The van der Waals surface area contributed by atoms with Crippen LogP contribution in [0.2, 0.25) is 0 Å². The molecule has 1 amide bonds. The molecule has 3 aliphatic rings. The van der Waals surface area contributed by atoms with E-state index in [4.69, 9.17) is 5.73 Å². The fraction of sp³-hybridized carbons (Fsp3) is 0.536. The van der Waals surface area contributed by atoms with Gasteiger partial charge in [0, 0.05) is 5.92 Å². The number of allylic oxidation sites excluding steroid dienone is 1. The molecule has 4 rings (SSSR count). The molecule has 9 heteroatoms. The maximum absolute atomic E-state index is 13.8. The molecule has 0 saturated heterocycles. The van der Waals surface area contributed by atoms with Crippen molar-refractivity contribution in [3.8, 4) is 5.75 Å². The number of likely N-dealkylation sites (N-methyl/N-ethyl adjacent to an activating group) is 1. The third-order valence-corrected chi connectivity index (χ3v) is 8.31. The zero-order valence-corrected chi connectivity index (χ0v) is 21.6. The summed E-state index contributed by atoms with van der Waals surface area (Å²) in [6.45, 7) is 4.10. The molecule has 4 N–H and O–H groups in total. The van der Waals surface area contributed by atoms with Crippen LogP contribution in [-0.2, 0) is 25.6 Å². The number of carbonyl (C=O) groups is 5. The molecule has 1 aromatic rings. The average Bonchev–Trinajstić information content (AvgIpc) is 2.81. The Bertz CT molecular complexity index is 1230. The number of amides is 1. The fourth-order valence-electron chi connectivity index (χ4n) is 6.56. The minimum absolute atomic E-state index is 0.0173. The fourth-order valence-corrected chi connectivity index (χ4v) is 6.56. The number of rotatable bonds is 6. The second-order valence-electron chi connectivity index (χ2n) is 10.9. The van der Waals surface area contributed by atoms with Crippen molar-refractivity contribution in [1.82, 2.24) is 4.90 Å². The molecule has 9 nitrogen and oxygen atoms in total. The van der Waals surface area contributed by atoms with Gasteiger partial charge in [0.15, 0.2) is 34.7 Å². The van der Waals surface area contributed by atoms with Crippen LogP contribution in [0.4, 0.5) is 0 Å². The molecule has 198 valence electrons. The largest absolute Gasteiger partial charge is 0.507 e. The van der Waals surface area contributed by atoms with Crippen molar-refractivity contribution in [1.29, 1.82) is 0 Å². The van der Waals surface area contributed by atoms with Crippen LogP contribution < -0.4 is 5.73 Å². The summed E-state index contributed by atoms with van der Waals surface area (Å²) < 4.78 is 0. The molecule has 0 aliphatic heterocycles. The number of Topliss-reactive ketones (excluding diaryl/α,β-unsaturated/α-hetero) is 4. The number of aliphatic hydroxyl groups is 1. The minimum atomic E-state index is -2.71. The van der Waals surface area contributed by atoms with Gasteiger partial charge < -0.3 is 15.9 Å². The quantitative estimate of drug-likeness (QED) is 0.486. The molecular formula is C28H34N2O7. The smallest absolute Gasteiger partial charge is 0.235 e. The lowest BCUT2D eigenvalue weighted by Gasteiger charge is -2.52. The van der Waals surface area contributed by atoms with Crippen LogP contribution in [0.15, 0.2) is 17.7 Å². The number of phenols is 1. The normalized spacial score (nSPS) is 31.7. The number of hydrogen-bond acceptors (Lipinski definition) is 8. The number of nitrogens with two attached hydrogens (primary N) is 1. The summed E-state index contributed by atoms with van der Waals surface area (Å²) in [5.41, 5.74) is 5.16. The van der Waals surface area contributed by atoms with Crippen LogP contribution >= 0.6 is 0 Å². The molecule has 2 saturated carbocycles. The number of aromatic hydroxyl groups is 1. The van der Waals surface area contributed by atoms with E-state index < -0.39 is 64.4 Å². The summed E-state index contributed by atoms with van der Waals surface area (Å²) in [4.78, 5) is 67.5. The third-order valence-electron chi connectivity index (χ3n) is 8.31. The predicted octanol–water partition coefficient (Wildman–Crippen LogP) is 1.46. The van der Waals surface area contributed by atoms with Crippen molar-refractivity contribution in [2.24, 2.45) is 29.4 Å². The molecule has 0 heterocycles. The van der Waals surface area contributed by atoms with E-state index in [2.05, 4.69) is 6.92 Å². The molecule has 0 radical (unpaired) electrons. The van der Waals surface area contributed by atoms with Crippen LogP contribution in [0, 0.1) is 23.7 Å². The molecular weight excluding hydrogens is 476 g/mol.